The fourth-order valence-electron chi connectivity index (χ4n) is 2.53. The van der Waals surface area contributed by atoms with Crippen LogP contribution in [0.25, 0.3) is 11.3 Å². The van der Waals surface area contributed by atoms with Gasteiger partial charge in [-0.25, -0.2) is 4.98 Å². The van der Waals surface area contributed by atoms with E-state index in [0.29, 0.717) is 17.0 Å². The van der Waals surface area contributed by atoms with E-state index < -0.39 is 0 Å². The quantitative estimate of drug-likeness (QED) is 0.531. The summed E-state index contributed by atoms with van der Waals surface area (Å²) in [7, 11) is 0. The summed E-state index contributed by atoms with van der Waals surface area (Å²) in [6, 6.07) is 15.0. The minimum absolute atomic E-state index is 0.00391. The number of fused-ring (bicyclic) bond motifs is 1. The van der Waals surface area contributed by atoms with Crippen LogP contribution in [0.2, 0.25) is 0 Å². The van der Waals surface area contributed by atoms with Gasteiger partial charge in [0.05, 0.1) is 17.1 Å². The lowest BCUT2D eigenvalue weighted by Gasteiger charge is -2.18. The number of nitrogens with zero attached hydrogens (tertiary/aromatic N) is 1. The fraction of sp³-hybridized carbons (Fsp3) is 0.105. The third-order valence-corrected chi connectivity index (χ3v) is 5.83. The second kappa shape index (κ2) is 7.31. The summed E-state index contributed by atoms with van der Waals surface area (Å²) in [6.07, 6.45) is 0. The van der Waals surface area contributed by atoms with E-state index in [-0.39, 0.29) is 24.1 Å². The minimum atomic E-state index is -0.215. The fourth-order valence-corrected chi connectivity index (χ4v) is 4.26. The maximum atomic E-state index is 12.5. The average molecular weight is 382 g/mol. The van der Waals surface area contributed by atoms with Crippen LogP contribution in [0.15, 0.2) is 58.3 Å². The van der Waals surface area contributed by atoms with Gasteiger partial charge in [0.1, 0.15) is 5.75 Å². The van der Waals surface area contributed by atoms with Gasteiger partial charge in [-0.3, -0.25) is 9.59 Å². The molecule has 26 heavy (non-hydrogen) atoms. The molecule has 3 aromatic rings. The molecule has 0 unspecified atom stereocenters. The molecule has 0 atom stereocenters. The highest BCUT2D eigenvalue weighted by molar-refractivity contribution is 8.01. The molecule has 0 aliphatic carbocycles. The summed E-state index contributed by atoms with van der Waals surface area (Å²) in [4.78, 5) is 28.4. The Bertz CT molecular complexity index is 970. The average Bonchev–Trinajstić information content (AvgIpc) is 3.15. The normalized spacial score (nSPS) is 12.8. The van der Waals surface area contributed by atoms with Crippen LogP contribution in [0.1, 0.15) is 10.4 Å². The molecule has 2 heterocycles. The number of carbonyl (C=O) groups is 2. The molecule has 1 aromatic heterocycles. The summed E-state index contributed by atoms with van der Waals surface area (Å²) >= 11 is 2.94. The van der Waals surface area contributed by atoms with Crippen molar-refractivity contribution in [1.82, 2.24) is 4.98 Å². The lowest BCUT2D eigenvalue weighted by atomic mass is 10.1. The number of hydrogen-bond donors (Lipinski definition) is 1. The highest BCUT2D eigenvalue weighted by Gasteiger charge is 2.18. The number of ether oxygens (including phenoxy) is 1. The number of rotatable bonds is 5. The molecule has 130 valence electrons. The number of ketones is 1. The standard InChI is InChI=1S/C19H14N2O3S2/c22-16(13-6-7-17-14(8-13)20-18(23)9-24-17)11-26-19-21-15(10-25-19)12-4-2-1-3-5-12/h1-8,10H,9,11H2,(H,20,23). The number of anilines is 1. The van der Waals surface area contributed by atoms with Crippen molar-refractivity contribution < 1.29 is 14.3 Å². The Morgan fingerprint density at radius 1 is 1.23 bits per heavy atom. The zero-order chi connectivity index (χ0) is 17.9. The molecule has 7 heteroatoms. The van der Waals surface area contributed by atoms with Crippen LogP contribution in [-0.2, 0) is 4.79 Å². The van der Waals surface area contributed by atoms with Crippen molar-refractivity contribution in [2.45, 2.75) is 4.34 Å². The Balaban J connectivity index is 1.42. The van der Waals surface area contributed by atoms with Gasteiger partial charge in [0.2, 0.25) is 0 Å². The van der Waals surface area contributed by atoms with E-state index in [1.54, 1.807) is 18.2 Å². The highest BCUT2D eigenvalue weighted by atomic mass is 32.2. The number of thiazole rings is 1. The minimum Gasteiger partial charge on any atom is -0.482 e. The Morgan fingerprint density at radius 2 is 2.08 bits per heavy atom. The van der Waals surface area contributed by atoms with Gasteiger partial charge in [-0.2, -0.15) is 0 Å². The lowest BCUT2D eigenvalue weighted by Crippen LogP contribution is -2.25. The molecule has 1 aliphatic rings. The zero-order valence-electron chi connectivity index (χ0n) is 13.6. The number of carbonyl (C=O) groups excluding carboxylic acids is 2. The molecule has 0 bridgehead atoms. The van der Waals surface area contributed by atoms with Crippen molar-refractivity contribution >= 4 is 40.5 Å². The molecule has 1 aliphatic heterocycles. The molecule has 5 nitrogen and oxygen atoms in total. The Labute approximate surface area is 158 Å². The van der Waals surface area contributed by atoms with Gasteiger partial charge in [0, 0.05) is 16.5 Å². The van der Waals surface area contributed by atoms with Crippen LogP contribution >= 0.6 is 23.1 Å². The van der Waals surface area contributed by atoms with Crippen molar-refractivity contribution in [2.75, 3.05) is 17.7 Å². The maximum Gasteiger partial charge on any atom is 0.262 e. The SMILES string of the molecule is O=C1COc2ccc(C(=O)CSc3nc(-c4ccccc4)cs3)cc2N1. The van der Waals surface area contributed by atoms with Crippen LogP contribution in [0.5, 0.6) is 5.75 Å². The Kier molecular flexibility index (Phi) is 4.73. The molecule has 0 saturated heterocycles. The molecule has 4 rings (SSSR count). The number of thioether (sulfide) groups is 1. The summed E-state index contributed by atoms with van der Waals surface area (Å²) in [5, 5.41) is 4.71. The summed E-state index contributed by atoms with van der Waals surface area (Å²) in [5.74, 6) is 0.637. The third-order valence-electron chi connectivity index (χ3n) is 3.81. The molecule has 0 saturated carbocycles. The van der Waals surface area contributed by atoms with Gasteiger partial charge in [-0.15, -0.1) is 11.3 Å². The van der Waals surface area contributed by atoms with Crippen LogP contribution in [0, 0.1) is 0 Å². The van der Waals surface area contributed by atoms with E-state index >= 15 is 0 Å². The van der Waals surface area contributed by atoms with E-state index in [1.807, 2.05) is 35.7 Å². The molecular formula is C19H14N2O3S2. The number of amides is 1. The topological polar surface area (TPSA) is 68.3 Å². The van der Waals surface area contributed by atoms with E-state index in [4.69, 9.17) is 4.74 Å². The first kappa shape index (κ1) is 16.8. The highest BCUT2D eigenvalue weighted by Crippen LogP contribution is 2.31. The molecule has 2 aromatic carbocycles. The van der Waals surface area contributed by atoms with Crippen LogP contribution in [0.3, 0.4) is 0 Å². The number of benzene rings is 2. The summed E-state index contributed by atoms with van der Waals surface area (Å²) in [5.41, 5.74) is 3.06. The lowest BCUT2D eigenvalue weighted by molar-refractivity contribution is -0.118. The molecule has 0 fully saturated rings. The van der Waals surface area contributed by atoms with Crippen molar-refractivity contribution in [3.05, 3.63) is 59.5 Å². The first-order chi connectivity index (χ1) is 12.7. The van der Waals surface area contributed by atoms with Gasteiger partial charge >= 0.3 is 0 Å². The Hall–Kier alpha value is -2.64. The monoisotopic (exact) mass is 382 g/mol. The molecular weight excluding hydrogens is 368 g/mol. The van der Waals surface area contributed by atoms with Gasteiger partial charge in [0.25, 0.3) is 5.91 Å². The van der Waals surface area contributed by atoms with Crippen LogP contribution in [0.4, 0.5) is 5.69 Å². The van der Waals surface area contributed by atoms with Crippen molar-refractivity contribution in [2.24, 2.45) is 0 Å². The van der Waals surface area contributed by atoms with Crippen molar-refractivity contribution in [3.63, 3.8) is 0 Å². The Morgan fingerprint density at radius 3 is 2.92 bits per heavy atom. The number of aromatic nitrogens is 1. The van der Waals surface area contributed by atoms with E-state index in [0.717, 1.165) is 15.6 Å². The number of Topliss-reactive ketones (excluding diaryl/α,β-unsaturated/α-hetero) is 1. The number of nitrogens with one attached hydrogen (secondary N) is 1. The van der Waals surface area contributed by atoms with Gasteiger partial charge in [0.15, 0.2) is 16.7 Å². The van der Waals surface area contributed by atoms with Crippen molar-refractivity contribution in [1.29, 1.82) is 0 Å². The molecule has 0 spiro atoms. The van der Waals surface area contributed by atoms with Crippen molar-refractivity contribution in [3.8, 4) is 17.0 Å². The van der Waals surface area contributed by atoms with Gasteiger partial charge < -0.3 is 10.1 Å². The van der Waals surface area contributed by atoms with Gasteiger partial charge in [-0.05, 0) is 18.2 Å². The second-order valence-electron chi connectivity index (χ2n) is 5.62. The second-order valence-corrected chi connectivity index (χ2v) is 7.70. The van der Waals surface area contributed by atoms with Crippen LogP contribution < -0.4 is 10.1 Å². The predicted molar refractivity (Wildman–Crippen MR) is 103 cm³/mol. The summed E-state index contributed by atoms with van der Waals surface area (Å²) < 4.78 is 6.16. The smallest absolute Gasteiger partial charge is 0.262 e. The molecule has 1 N–H and O–H groups in total. The summed E-state index contributed by atoms with van der Waals surface area (Å²) in [6.45, 7) is 0.00391. The first-order valence-electron chi connectivity index (χ1n) is 7.93. The maximum absolute atomic E-state index is 12.5. The first-order valence-corrected chi connectivity index (χ1v) is 9.79. The zero-order valence-corrected chi connectivity index (χ0v) is 15.2. The van der Waals surface area contributed by atoms with E-state index in [1.165, 1.54) is 23.1 Å². The van der Waals surface area contributed by atoms with Gasteiger partial charge in [-0.1, -0.05) is 42.1 Å². The number of hydrogen-bond acceptors (Lipinski definition) is 6. The van der Waals surface area contributed by atoms with Crippen LogP contribution in [-0.4, -0.2) is 29.0 Å². The van der Waals surface area contributed by atoms with E-state index in [9.17, 15) is 9.59 Å². The largest absolute Gasteiger partial charge is 0.482 e. The predicted octanol–water partition coefficient (Wildman–Crippen LogP) is 4.12. The molecule has 1 amide bonds. The third kappa shape index (κ3) is 3.63. The molecule has 0 radical (unpaired) electrons. The van der Waals surface area contributed by atoms with E-state index in [2.05, 4.69) is 10.3 Å².